The molecule has 6 heteroatoms. The Balaban J connectivity index is 3.30. The van der Waals surface area contributed by atoms with Gasteiger partial charge in [0.25, 0.3) is 0 Å². The first-order chi connectivity index (χ1) is 4.66. The molecule has 0 aromatic rings. The molecule has 0 heterocycles. The summed E-state index contributed by atoms with van der Waals surface area (Å²) in [6, 6.07) is 0. The van der Waals surface area contributed by atoms with Crippen molar-refractivity contribution in [3.63, 3.8) is 0 Å². The van der Waals surface area contributed by atoms with Crippen molar-refractivity contribution in [2.45, 2.75) is 13.3 Å². The first-order valence-electron chi connectivity index (χ1n) is 2.86. The predicted octanol–water partition coefficient (Wildman–Crippen LogP) is -0.602. The van der Waals surface area contributed by atoms with Crippen molar-refractivity contribution in [1.82, 2.24) is 10.3 Å². The quantitative estimate of drug-likeness (QED) is 0.400. The van der Waals surface area contributed by atoms with Gasteiger partial charge in [-0.2, -0.15) is 4.83 Å². The largest absolute Gasteiger partial charge is 0.375 e. The Bertz CT molecular complexity index is 138. The van der Waals surface area contributed by atoms with Gasteiger partial charge in [0.2, 0.25) is 0 Å². The number of hydrazine groups is 1. The summed E-state index contributed by atoms with van der Waals surface area (Å²) in [6.07, 6.45) is 0.860. The van der Waals surface area contributed by atoms with Crippen molar-refractivity contribution >= 4 is 28.3 Å². The molecule has 0 fully saturated rings. The Kier molecular flexibility index (Phi) is 5.46. The molecule has 0 aliphatic rings. The van der Waals surface area contributed by atoms with Gasteiger partial charge in [-0.1, -0.05) is 6.92 Å². The molecule has 60 valence electrons. The van der Waals surface area contributed by atoms with E-state index in [1.54, 1.807) is 0 Å². The summed E-state index contributed by atoms with van der Waals surface area (Å²) in [6.45, 7) is 1.94. The van der Waals surface area contributed by atoms with Gasteiger partial charge in [0.1, 0.15) is 11.0 Å². The topological polar surface area (TPSA) is 67.2 Å². The fraction of sp³-hybridized carbons (Fsp3) is 0.750. The highest BCUT2D eigenvalue weighted by Gasteiger charge is 1.94. The van der Waals surface area contributed by atoms with Crippen LogP contribution in [0, 0.1) is 0 Å². The molecule has 0 aromatic heterocycles. The molecule has 0 saturated carbocycles. The maximum atomic E-state index is 10.8. The molecule has 4 N–H and O–H groups in total. The van der Waals surface area contributed by atoms with Crippen molar-refractivity contribution in [3.05, 3.63) is 0 Å². The average molecular weight is 181 g/mol. The third kappa shape index (κ3) is 5.93. The van der Waals surface area contributed by atoms with Gasteiger partial charge in [-0.15, -0.1) is 0 Å². The Hall–Kier alpha value is -0.200. The zero-order chi connectivity index (χ0) is 7.98. The fourth-order valence-electron chi connectivity index (χ4n) is 0.344. The molecule has 0 aliphatic carbocycles. The van der Waals surface area contributed by atoms with Crippen LogP contribution in [-0.4, -0.2) is 15.1 Å². The smallest absolute Gasteiger partial charge is 0.178 e. The zero-order valence-corrected chi connectivity index (χ0v) is 7.35. The van der Waals surface area contributed by atoms with Crippen LogP contribution in [0.1, 0.15) is 13.3 Å². The molecule has 0 amide bonds. The van der Waals surface area contributed by atoms with Crippen molar-refractivity contribution in [3.8, 4) is 0 Å². The van der Waals surface area contributed by atoms with E-state index in [-0.39, 0.29) is 5.11 Å². The second-order valence-corrected chi connectivity index (χ2v) is 3.38. The van der Waals surface area contributed by atoms with E-state index >= 15 is 0 Å². The molecule has 0 aliphatic heterocycles. The normalized spacial score (nSPS) is 12.5. The van der Waals surface area contributed by atoms with Gasteiger partial charge < -0.3 is 5.73 Å². The fourth-order valence-corrected chi connectivity index (χ4v) is 1.16. The molecule has 4 nitrogen and oxygen atoms in total. The Morgan fingerprint density at radius 1 is 1.80 bits per heavy atom. The number of rotatable bonds is 4. The van der Waals surface area contributed by atoms with Gasteiger partial charge in [0.15, 0.2) is 5.11 Å². The first kappa shape index (κ1) is 9.80. The van der Waals surface area contributed by atoms with Crippen LogP contribution in [0.25, 0.3) is 0 Å². The van der Waals surface area contributed by atoms with Gasteiger partial charge >= 0.3 is 0 Å². The van der Waals surface area contributed by atoms with E-state index in [1.807, 2.05) is 6.92 Å². The third-order valence-electron chi connectivity index (χ3n) is 0.678. The van der Waals surface area contributed by atoms with Crippen LogP contribution in [0.4, 0.5) is 0 Å². The summed E-state index contributed by atoms with van der Waals surface area (Å²) in [5, 5.41) is 0.101. The summed E-state index contributed by atoms with van der Waals surface area (Å²) < 4.78 is 10.8. The maximum Gasteiger partial charge on any atom is 0.178 e. The van der Waals surface area contributed by atoms with Crippen LogP contribution in [0.3, 0.4) is 0 Å². The van der Waals surface area contributed by atoms with Crippen LogP contribution in [0.2, 0.25) is 0 Å². The van der Waals surface area contributed by atoms with Crippen molar-refractivity contribution in [2.75, 3.05) is 5.75 Å². The van der Waals surface area contributed by atoms with Crippen LogP contribution in [-0.2, 0) is 11.0 Å². The second kappa shape index (κ2) is 5.57. The minimum atomic E-state index is -1.07. The summed E-state index contributed by atoms with van der Waals surface area (Å²) in [7, 11) is -1.07. The van der Waals surface area contributed by atoms with Crippen molar-refractivity contribution in [1.29, 1.82) is 0 Å². The average Bonchev–Trinajstić information content (AvgIpc) is 1.85. The van der Waals surface area contributed by atoms with E-state index in [0.29, 0.717) is 5.75 Å². The van der Waals surface area contributed by atoms with E-state index in [0.717, 1.165) is 6.42 Å². The molecular formula is C4H11N3OS2. The van der Waals surface area contributed by atoms with Gasteiger partial charge in [0, 0.05) is 5.75 Å². The molecule has 0 saturated heterocycles. The lowest BCUT2D eigenvalue weighted by Gasteiger charge is -2.03. The highest BCUT2D eigenvalue weighted by Crippen LogP contribution is 1.78. The number of nitrogens with two attached hydrogens (primary N) is 1. The Morgan fingerprint density at radius 2 is 2.40 bits per heavy atom. The van der Waals surface area contributed by atoms with Crippen LogP contribution in [0.5, 0.6) is 0 Å². The molecule has 0 aromatic carbocycles. The van der Waals surface area contributed by atoms with Gasteiger partial charge in [-0.25, -0.2) is 4.21 Å². The van der Waals surface area contributed by atoms with Gasteiger partial charge in [-0.05, 0) is 18.6 Å². The molecule has 0 radical (unpaired) electrons. The van der Waals surface area contributed by atoms with E-state index in [4.69, 9.17) is 5.73 Å². The monoisotopic (exact) mass is 181 g/mol. The molecule has 0 rings (SSSR count). The Morgan fingerprint density at radius 3 is 2.80 bits per heavy atom. The summed E-state index contributed by atoms with van der Waals surface area (Å²) in [5.41, 5.74) is 7.45. The minimum Gasteiger partial charge on any atom is -0.375 e. The first-order valence-corrected chi connectivity index (χ1v) is 4.59. The molecule has 10 heavy (non-hydrogen) atoms. The molecule has 0 bridgehead atoms. The van der Waals surface area contributed by atoms with Crippen LogP contribution in [0.15, 0.2) is 0 Å². The molecular weight excluding hydrogens is 170 g/mol. The SMILES string of the molecule is CCCS(=O)NNC(N)=S. The van der Waals surface area contributed by atoms with E-state index in [2.05, 4.69) is 22.5 Å². The molecule has 0 spiro atoms. The van der Waals surface area contributed by atoms with E-state index < -0.39 is 11.0 Å². The summed E-state index contributed by atoms with van der Waals surface area (Å²) in [5.74, 6) is 0.593. The number of nitrogens with one attached hydrogen (secondary N) is 2. The molecule has 1 atom stereocenters. The minimum absolute atomic E-state index is 0.101. The lowest BCUT2D eigenvalue weighted by Crippen LogP contribution is -2.42. The zero-order valence-electron chi connectivity index (χ0n) is 5.72. The highest BCUT2D eigenvalue weighted by atomic mass is 32.2. The van der Waals surface area contributed by atoms with Gasteiger partial charge in [-0.3, -0.25) is 5.43 Å². The lowest BCUT2D eigenvalue weighted by molar-refractivity contribution is 0.667. The van der Waals surface area contributed by atoms with Crippen molar-refractivity contribution in [2.24, 2.45) is 5.73 Å². The van der Waals surface area contributed by atoms with Crippen LogP contribution >= 0.6 is 12.2 Å². The van der Waals surface area contributed by atoms with E-state index in [1.165, 1.54) is 0 Å². The number of hydrogen-bond donors (Lipinski definition) is 3. The molecule has 1 unspecified atom stereocenters. The van der Waals surface area contributed by atoms with Crippen molar-refractivity contribution < 1.29 is 4.21 Å². The Labute approximate surface area is 68.1 Å². The number of thiocarbonyl (C=S) groups is 1. The van der Waals surface area contributed by atoms with Crippen LogP contribution < -0.4 is 16.0 Å². The van der Waals surface area contributed by atoms with Gasteiger partial charge in [0.05, 0.1) is 0 Å². The highest BCUT2D eigenvalue weighted by molar-refractivity contribution is 7.83. The maximum absolute atomic E-state index is 10.8. The second-order valence-electron chi connectivity index (χ2n) is 1.64. The lowest BCUT2D eigenvalue weighted by atomic mass is 10.6. The number of hydrogen-bond acceptors (Lipinski definition) is 2. The summed E-state index contributed by atoms with van der Waals surface area (Å²) >= 11 is 4.47. The third-order valence-corrected chi connectivity index (χ3v) is 1.89. The predicted molar refractivity (Wildman–Crippen MR) is 46.4 cm³/mol. The van der Waals surface area contributed by atoms with E-state index in [9.17, 15) is 4.21 Å². The standard InChI is InChI=1S/C4H11N3OS2/c1-2-3-10(8)7-6-4(5)9/h7H,2-3H2,1H3,(H3,5,6,9). The summed E-state index contributed by atoms with van der Waals surface area (Å²) in [4.78, 5) is 2.44.